The Morgan fingerprint density at radius 3 is 2.65 bits per heavy atom. The molecule has 0 saturated heterocycles. The Balaban J connectivity index is 1.61. The number of hydrogen-bond donors (Lipinski definition) is 1. The highest BCUT2D eigenvalue weighted by Crippen LogP contribution is 2.32. The van der Waals surface area contributed by atoms with Gasteiger partial charge in [-0.05, 0) is 65.6 Å². The summed E-state index contributed by atoms with van der Waals surface area (Å²) in [5.74, 6) is -0.298. The first-order chi connectivity index (χ1) is 16.5. The number of carbonyl (C=O) groups excluding carboxylic acids is 1. The highest BCUT2D eigenvalue weighted by atomic mass is 19.1. The molecule has 0 radical (unpaired) electrons. The number of benzene rings is 3. The van der Waals surface area contributed by atoms with Gasteiger partial charge < -0.3 is 14.7 Å². The van der Waals surface area contributed by atoms with E-state index in [2.05, 4.69) is 9.99 Å². The number of pyridine rings is 1. The molecule has 1 heterocycles. The third-order valence-electron chi connectivity index (χ3n) is 5.63. The molecule has 6 nitrogen and oxygen atoms in total. The molecule has 4 aromatic rings. The zero-order valence-corrected chi connectivity index (χ0v) is 18.8. The van der Waals surface area contributed by atoms with Gasteiger partial charge in [0, 0.05) is 17.7 Å². The number of aryl methyl sites for hydroxylation is 1. The second-order valence-electron chi connectivity index (χ2n) is 7.82. The van der Waals surface area contributed by atoms with Gasteiger partial charge in [-0.3, -0.25) is 4.79 Å². The van der Waals surface area contributed by atoms with Crippen molar-refractivity contribution < 1.29 is 23.9 Å². The molecule has 7 heteroatoms. The molecule has 34 heavy (non-hydrogen) atoms. The van der Waals surface area contributed by atoms with E-state index < -0.39 is 5.82 Å². The SMILES string of the molecule is Cc1cc(OCC=NOC=O)c(F)c(C)c1Cc1ccc(O)c(-c2ccc3ccccc3c2)n1. The third kappa shape index (κ3) is 4.88. The van der Waals surface area contributed by atoms with Gasteiger partial charge in [0.25, 0.3) is 0 Å². The molecule has 0 fully saturated rings. The molecular weight excluding hydrogens is 435 g/mol. The summed E-state index contributed by atoms with van der Waals surface area (Å²) in [6, 6.07) is 18.9. The average molecular weight is 458 g/mol. The molecule has 0 amide bonds. The van der Waals surface area contributed by atoms with Gasteiger partial charge in [0.05, 0.1) is 6.21 Å². The summed E-state index contributed by atoms with van der Waals surface area (Å²) in [5.41, 5.74) is 4.09. The van der Waals surface area contributed by atoms with Crippen molar-refractivity contribution in [1.29, 1.82) is 0 Å². The molecule has 0 aliphatic heterocycles. The maximum absolute atomic E-state index is 15.0. The third-order valence-corrected chi connectivity index (χ3v) is 5.63. The van der Waals surface area contributed by atoms with Crippen molar-refractivity contribution in [1.82, 2.24) is 4.98 Å². The van der Waals surface area contributed by atoms with Crippen molar-refractivity contribution in [3.8, 4) is 22.8 Å². The van der Waals surface area contributed by atoms with E-state index in [0.29, 0.717) is 23.4 Å². The smallest absolute Gasteiger partial charge is 0.323 e. The summed E-state index contributed by atoms with van der Waals surface area (Å²) in [6.07, 6.45) is 1.62. The second-order valence-corrected chi connectivity index (χ2v) is 7.82. The number of rotatable bonds is 8. The maximum atomic E-state index is 15.0. The molecule has 0 saturated carbocycles. The van der Waals surface area contributed by atoms with E-state index in [1.165, 1.54) is 6.21 Å². The first-order valence-corrected chi connectivity index (χ1v) is 10.7. The monoisotopic (exact) mass is 458 g/mol. The van der Waals surface area contributed by atoms with Crippen LogP contribution in [-0.4, -0.2) is 29.4 Å². The van der Waals surface area contributed by atoms with E-state index in [0.717, 1.165) is 27.5 Å². The lowest BCUT2D eigenvalue weighted by Gasteiger charge is -2.15. The highest BCUT2D eigenvalue weighted by Gasteiger charge is 2.16. The van der Waals surface area contributed by atoms with E-state index >= 15 is 0 Å². The molecule has 0 aliphatic rings. The molecule has 0 spiro atoms. The molecular formula is C27H23FN2O4. The van der Waals surface area contributed by atoms with Crippen LogP contribution in [0.1, 0.15) is 22.4 Å². The van der Waals surface area contributed by atoms with Crippen molar-refractivity contribution in [3.05, 3.63) is 88.9 Å². The molecule has 0 bridgehead atoms. The zero-order chi connectivity index (χ0) is 24.1. The van der Waals surface area contributed by atoms with Crippen LogP contribution in [0.2, 0.25) is 0 Å². The topological polar surface area (TPSA) is 81.0 Å². The summed E-state index contributed by atoms with van der Waals surface area (Å²) in [5, 5.41) is 16.0. The number of carbonyl (C=O) groups is 1. The number of aromatic hydroxyl groups is 1. The van der Waals surface area contributed by atoms with Crippen LogP contribution in [0.5, 0.6) is 11.5 Å². The normalized spacial score (nSPS) is 11.1. The Bertz CT molecular complexity index is 1380. The number of fused-ring (bicyclic) bond motifs is 1. The van der Waals surface area contributed by atoms with Crippen LogP contribution >= 0.6 is 0 Å². The predicted octanol–water partition coefficient (Wildman–Crippen LogP) is 5.49. The minimum atomic E-state index is -0.473. The first kappa shape index (κ1) is 22.9. The summed E-state index contributed by atoms with van der Waals surface area (Å²) in [7, 11) is 0. The van der Waals surface area contributed by atoms with Crippen LogP contribution in [0.15, 0.2) is 65.8 Å². The Morgan fingerprint density at radius 1 is 1.06 bits per heavy atom. The minimum absolute atomic E-state index is 0.0440. The molecule has 3 aromatic carbocycles. The molecule has 172 valence electrons. The summed E-state index contributed by atoms with van der Waals surface area (Å²) < 4.78 is 20.4. The van der Waals surface area contributed by atoms with Crippen LogP contribution in [0.3, 0.4) is 0 Å². The van der Waals surface area contributed by atoms with Gasteiger partial charge in [-0.15, -0.1) is 0 Å². The fraction of sp³-hybridized carbons (Fsp3) is 0.148. The fourth-order valence-electron chi connectivity index (χ4n) is 3.88. The van der Waals surface area contributed by atoms with Gasteiger partial charge in [0.2, 0.25) is 0 Å². The minimum Gasteiger partial charge on any atom is -0.506 e. The van der Waals surface area contributed by atoms with E-state index in [9.17, 15) is 14.3 Å². The van der Waals surface area contributed by atoms with Gasteiger partial charge in [0.15, 0.2) is 11.6 Å². The summed E-state index contributed by atoms with van der Waals surface area (Å²) >= 11 is 0. The fourth-order valence-corrected chi connectivity index (χ4v) is 3.88. The standard InChI is InChI=1S/C27H23FN2O4/c1-17-13-25(33-12-11-29-34-16-31)26(28)18(2)23(17)15-22-9-10-24(32)27(30-22)21-8-7-19-5-3-4-6-20(19)14-21/h3-11,13-14,16,32H,12,15H2,1-2H3. The second kappa shape index (κ2) is 10.1. The zero-order valence-electron chi connectivity index (χ0n) is 18.8. The van der Waals surface area contributed by atoms with Crippen molar-refractivity contribution in [2.24, 2.45) is 5.16 Å². The predicted molar refractivity (Wildman–Crippen MR) is 129 cm³/mol. The van der Waals surface area contributed by atoms with E-state index in [-0.39, 0.29) is 24.6 Å². The quantitative estimate of drug-likeness (QED) is 0.163. The Hall–Kier alpha value is -4.26. The van der Waals surface area contributed by atoms with Crippen LogP contribution in [0, 0.1) is 19.7 Å². The lowest BCUT2D eigenvalue weighted by atomic mass is 9.96. The van der Waals surface area contributed by atoms with Crippen LogP contribution < -0.4 is 4.74 Å². The Labute approximate surface area is 196 Å². The molecule has 0 atom stereocenters. The van der Waals surface area contributed by atoms with Crippen molar-refractivity contribution in [2.75, 3.05) is 6.61 Å². The lowest BCUT2D eigenvalue weighted by Crippen LogP contribution is -2.06. The van der Waals surface area contributed by atoms with Crippen molar-refractivity contribution in [3.63, 3.8) is 0 Å². The number of hydrogen-bond acceptors (Lipinski definition) is 6. The van der Waals surface area contributed by atoms with Crippen molar-refractivity contribution >= 4 is 23.5 Å². The van der Waals surface area contributed by atoms with Gasteiger partial charge in [-0.1, -0.05) is 41.6 Å². The first-order valence-electron chi connectivity index (χ1n) is 10.7. The Kier molecular flexibility index (Phi) is 6.82. The number of halogens is 1. The number of nitrogens with zero attached hydrogens (tertiary/aromatic N) is 2. The van der Waals surface area contributed by atoms with Gasteiger partial charge in [-0.25, -0.2) is 9.37 Å². The number of oxime groups is 1. The van der Waals surface area contributed by atoms with Crippen LogP contribution in [-0.2, 0) is 16.1 Å². The summed E-state index contributed by atoms with van der Waals surface area (Å²) in [6.45, 7) is 3.71. The largest absolute Gasteiger partial charge is 0.506 e. The molecule has 1 N–H and O–H groups in total. The molecule has 1 aromatic heterocycles. The van der Waals surface area contributed by atoms with E-state index in [1.807, 2.05) is 49.4 Å². The van der Waals surface area contributed by atoms with Crippen molar-refractivity contribution in [2.45, 2.75) is 20.3 Å². The number of aromatic nitrogens is 1. The van der Waals surface area contributed by atoms with Gasteiger partial charge >= 0.3 is 6.47 Å². The lowest BCUT2D eigenvalue weighted by molar-refractivity contribution is -0.128. The highest BCUT2D eigenvalue weighted by molar-refractivity contribution is 5.87. The average Bonchev–Trinajstić information content (AvgIpc) is 2.85. The molecule has 4 rings (SSSR count). The summed E-state index contributed by atoms with van der Waals surface area (Å²) in [4.78, 5) is 19.0. The number of ether oxygens (including phenoxy) is 1. The van der Waals surface area contributed by atoms with Crippen LogP contribution in [0.4, 0.5) is 4.39 Å². The van der Waals surface area contributed by atoms with Gasteiger partial charge in [0.1, 0.15) is 18.1 Å². The van der Waals surface area contributed by atoms with E-state index in [1.54, 1.807) is 25.1 Å². The van der Waals surface area contributed by atoms with Gasteiger partial charge in [-0.2, -0.15) is 0 Å². The van der Waals surface area contributed by atoms with Crippen LogP contribution in [0.25, 0.3) is 22.0 Å². The Morgan fingerprint density at radius 2 is 1.85 bits per heavy atom. The molecule has 0 unspecified atom stereocenters. The van der Waals surface area contributed by atoms with E-state index in [4.69, 9.17) is 9.72 Å². The maximum Gasteiger partial charge on any atom is 0.323 e. The molecule has 0 aliphatic carbocycles.